The van der Waals surface area contributed by atoms with Crippen LogP contribution in [0.15, 0.2) is 23.7 Å². The average molecular weight is 409 g/mol. The Kier molecular flexibility index (Phi) is 4.47. The Morgan fingerprint density at radius 2 is 2.11 bits per heavy atom. The van der Waals surface area contributed by atoms with Crippen LogP contribution >= 0.6 is 22.9 Å². The zero-order valence-electron chi connectivity index (χ0n) is 14.7. The van der Waals surface area contributed by atoms with Crippen LogP contribution in [0, 0.1) is 18.2 Å². The molecular formula is C19H18ClFN2O3S. The number of carbonyl (C=O) groups excluding carboxylic acids is 2. The second-order valence-electron chi connectivity index (χ2n) is 7.59. The minimum absolute atomic E-state index is 0.00837. The summed E-state index contributed by atoms with van der Waals surface area (Å²) in [6.45, 7) is 1.66. The number of ketones is 1. The molecule has 0 aliphatic heterocycles. The average Bonchev–Trinajstić information content (AvgIpc) is 2.99. The minimum atomic E-state index is -0.586. The molecule has 0 saturated heterocycles. The maximum atomic E-state index is 13.4. The molecule has 0 radical (unpaired) electrons. The van der Waals surface area contributed by atoms with Crippen LogP contribution in [-0.2, 0) is 4.79 Å². The van der Waals surface area contributed by atoms with Gasteiger partial charge in [-0.05, 0) is 43.7 Å². The maximum Gasteiger partial charge on any atom is 0.258 e. The van der Waals surface area contributed by atoms with E-state index in [0.717, 1.165) is 35.9 Å². The van der Waals surface area contributed by atoms with Crippen LogP contribution in [0.2, 0.25) is 5.02 Å². The van der Waals surface area contributed by atoms with Gasteiger partial charge in [0.05, 0.1) is 21.1 Å². The van der Waals surface area contributed by atoms with Gasteiger partial charge in [-0.25, -0.2) is 9.37 Å². The van der Waals surface area contributed by atoms with Crippen LogP contribution < -0.4 is 10.1 Å². The van der Waals surface area contributed by atoms with Gasteiger partial charge in [0.15, 0.2) is 12.4 Å². The smallest absolute Gasteiger partial charge is 0.258 e. The predicted molar refractivity (Wildman–Crippen MR) is 99.9 cm³/mol. The van der Waals surface area contributed by atoms with Crippen molar-refractivity contribution in [2.24, 2.45) is 5.41 Å². The summed E-state index contributed by atoms with van der Waals surface area (Å²) in [7, 11) is 0. The van der Waals surface area contributed by atoms with Gasteiger partial charge >= 0.3 is 0 Å². The molecular weight excluding hydrogens is 391 g/mol. The van der Waals surface area contributed by atoms with Crippen molar-refractivity contribution in [2.45, 2.75) is 38.1 Å². The molecule has 2 aromatic rings. The van der Waals surface area contributed by atoms with E-state index >= 15 is 0 Å². The summed E-state index contributed by atoms with van der Waals surface area (Å²) < 4.78 is 18.7. The van der Waals surface area contributed by atoms with Crippen LogP contribution in [0.5, 0.6) is 5.75 Å². The molecule has 2 bridgehead atoms. The van der Waals surface area contributed by atoms with E-state index in [1.54, 1.807) is 5.51 Å². The molecule has 3 saturated carbocycles. The molecule has 0 atom stereocenters. The Morgan fingerprint density at radius 1 is 1.37 bits per heavy atom. The van der Waals surface area contributed by atoms with Crippen LogP contribution in [0.4, 0.5) is 4.39 Å². The SMILES string of the molecule is Cc1ncsc1C(=O)CC12CC(NC(=O)COc3ccc(Cl)c(F)c3)(C1)C2. The number of thiazole rings is 1. The van der Waals surface area contributed by atoms with Gasteiger partial charge in [0.25, 0.3) is 5.91 Å². The molecule has 0 spiro atoms. The monoisotopic (exact) mass is 408 g/mol. The van der Waals surface area contributed by atoms with Crippen molar-refractivity contribution in [3.63, 3.8) is 0 Å². The van der Waals surface area contributed by atoms with Crippen molar-refractivity contribution in [1.82, 2.24) is 10.3 Å². The van der Waals surface area contributed by atoms with Gasteiger partial charge in [-0.2, -0.15) is 0 Å². The highest BCUT2D eigenvalue weighted by Crippen LogP contribution is 2.69. The van der Waals surface area contributed by atoms with Crippen molar-refractivity contribution in [3.05, 3.63) is 45.1 Å². The number of nitrogens with zero attached hydrogens (tertiary/aromatic N) is 1. The summed E-state index contributed by atoms with van der Waals surface area (Å²) in [6.07, 6.45) is 2.94. The van der Waals surface area contributed by atoms with Gasteiger partial charge in [-0.1, -0.05) is 11.6 Å². The molecule has 3 aliphatic carbocycles. The number of amides is 1. The fourth-order valence-corrected chi connectivity index (χ4v) is 5.22. The Morgan fingerprint density at radius 3 is 2.74 bits per heavy atom. The minimum Gasteiger partial charge on any atom is -0.484 e. The summed E-state index contributed by atoms with van der Waals surface area (Å²) in [4.78, 5) is 29.4. The lowest BCUT2D eigenvalue weighted by molar-refractivity contribution is -0.164. The highest BCUT2D eigenvalue weighted by atomic mass is 35.5. The van der Waals surface area contributed by atoms with E-state index in [1.807, 2.05) is 6.92 Å². The van der Waals surface area contributed by atoms with Crippen LogP contribution in [0.25, 0.3) is 0 Å². The first-order valence-corrected chi connectivity index (χ1v) is 9.88. The molecule has 27 heavy (non-hydrogen) atoms. The normalized spacial score (nSPS) is 25.3. The molecule has 1 amide bonds. The van der Waals surface area contributed by atoms with Crippen LogP contribution in [0.1, 0.15) is 41.0 Å². The highest BCUT2D eigenvalue weighted by molar-refractivity contribution is 7.11. The number of benzene rings is 1. The second kappa shape index (κ2) is 6.56. The molecule has 3 aliphatic rings. The fourth-order valence-electron chi connectivity index (χ4n) is 4.36. The number of hydrogen-bond acceptors (Lipinski definition) is 5. The number of nitrogens with one attached hydrogen (secondary N) is 1. The zero-order chi connectivity index (χ0) is 19.2. The third-order valence-corrected chi connectivity index (χ3v) is 6.62. The molecule has 0 unspecified atom stereocenters. The van der Waals surface area contributed by atoms with Crippen molar-refractivity contribution in [2.75, 3.05) is 6.61 Å². The maximum absolute atomic E-state index is 13.4. The van der Waals surface area contributed by atoms with E-state index in [0.29, 0.717) is 6.42 Å². The van der Waals surface area contributed by atoms with Crippen LogP contribution in [0.3, 0.4) is 0 Å². The molecule has 1 N–H and O–H groups in total. The summed E-state index contributed by atoms with van der Waals surface area (Å²) in [5.41, 5.74) is 2.28. The molecule has 5 rings (SSSR count). The highest BCUT2D eigenvalue weighted by Gasteiger charge is 2.68. The molecule has 1 aromatic heterocycles. The molecule has 142 valence electrons. The van der Waals surface area contributed by atoms with E-state index in [9.17, 15) is 14.0 Å². The van der Waals surface area contributed by atoms with E-state index in [1.165, 1.54) is 23.5 Å². The number of rotatable bonds is 7. The number of Topliss-reactive ketones (excluding diaryl/α,β-unsaturated/α-hetero) is 1. The first kappa shape index (κ1) is 18.4. The van der Waals surface area contributed by atoms with Gasteiger partial charge in [0, 0.05) is 18.0 Å². The Balaban J connectivity index is 1.24. The van der Waals surface area contributed by atoms with Crippen molar-refractivity contribution >= 4 is 34.6 Å². The summed E-state index contributed by atoms with van der Waals surface area (Å²) in [5.74, 6) is -0.436. The van der Waals surface area contributed by atoms with E-state index in [-0.39, 0.29) is 40.0 Å². The lowest BCUT2D eigenvalue weighted by Crippen LogP contribution is -2.75. The van der Waals surface area contributed by atoms with Crippen molar-refractivity contribution in [1.29, 1.82) is 0 Å². The summed E-state index contributed by atoms with van der Waals surface area (Å²) in [5, 5.41) is 3.00. The third-order valence-electron chi connectivity index (χ3n) is 5.34. The fraction of sp³-hybridized carbons (Fsp3) is 0.421. The number of carbonyl (C=O) groups is 2. The number of hydrogen-bond donors (Lipinski definition) is 1. The molecule has 3 fully saturated rings. The van der Waals surface area contributed by atoms with Crippen molar-refractivity contribution < 1.29 is 18.7 Å². The number of ether oxygens (including phenoxy) is 1. The lowest BCUT2D eigenvalue weighted by atomic mass is 9.38. The molecule has 5 nitrogen and oxygen atoms in total. The van der Waals surface area contributed by atoms with E-state index in [2.05, 4.69) is 10.3 Å². The molecule has 1 heterocycles. The quantitative estimate of drug-likeness (QED) is 0.705. The number of aromatic nitrogens is 1. The molecule has 8 heteroatoms. The first-order chi connectivity index (χ1) is 12.8. The van der Waals surface area contributed by atoms with Gasteiger partial charge in [0.2, 0.25) is 0 Å². The van der Waals surface area contributed by atoms with Gasteiger partial charge in [0.1, 0.15) is 11.6 Å². The summed E-state index contributed by atoms with van der Waals surface area (Å²) in [6, 6.07) is 4.05. The van der Waals surface area contributed by atoms with Gasteiger partial charge in [-0.15, -0.1) is 11.3 Å². The topological polar surface area (TPSA) is 68.3 Å². The first-order valence-electron chi connectivity index (χ1n) is 8.62. The molecule has 1 aromatic carbocycles. The van der Waals surface area contributed by atoms with E-state index in [4.69, 9.17) is 16.3 Å². The Labute approximate surface area is 164 Å². The Hall–Kier alpha value is -1.99. The van der Waals surface area contributed by atoms with Crippen molar-refractivity contribution in [3.8, 4) is 5.75 Å². The standard InChI is InChI=1S/C19H18ClFN2O3S/c1-11-17(27-10-22-11)15(24)5-18-7-19(8-18,9-18)23-16(25)6-26-12-2-3-13(20)14(21)4-12/h2-4,10H,5-9H2,1H3,(H,23,25). The lowest BCUT2D eigenvalue weighted by Gasteiger charge is -2.70. The van der Waals surface area contributed by atoms with E-state index < -0.39 is 5.82 Å². The number of aryl methyl sites for hydroxylation is 1. The van der Waals surface area contributed by atoms with Gasteiger partial charge < -0.3 is 10.1 Å². The number of halogens is 2. The third kappa shape index (κ3) is 3.46. The largest absolute Gasteiger partial charge is 0.484 e. The van der Waals surface area contributed by atoms with Crippen LogP contribution in [-0.4, -0.2) is 28.8 Å². The zero-order valence-corrected chi connectivity index (χ0v) is 16.3. The van der Waals surface area contributed by atoms with Gasteiger partial charge in [-0.3, -0.25) is 9.59 Å². The predicted octanol–water partition coefficient (Wildman–Crippen LogP) is 3.93. The second-order valence-corrected chi connectivity index (χ2v) is 8.85. The summed E-state index contributed by atoms with van der Waals surface area (Å²) >= 11 is 7.00. The Bertz CT molecular complexity index is 910.